The van der Waals surface area contributed by atoms with Crippen LogP contribution in [-0.4, -0.2) is 25.0 Å². The Morgan fingerprint density at radius 2 is 1.40 bits per heavy atom. The molecule has 25 heavy (non-hydrogen) atoms. The highest BCUT2D eigenvalue weighted by Gasteiger charge is 2.45. The summed E-state index contributed by atoms with van der Waals surface area (Å²) in [6, 6.07) is 18.7. The molecule has 0 N–H and O–H groups in total. The first-order chi connectivity index (χ1) is 12.3. The molecule has 0 spiro atoms. The Hall–Kier alpha value is -1.60. The van der Waals surface area contributed by atoms with Gasteiger partial charge in [0.2, 0.25) is 0 Å². The molecular formula is C24H31N. The lowest BCUT2D eigenvalue weighted by molar-refractivity contribution is 0.158. The van der Waals surface area contributed by atoms with Gasteiger partial charge in [0, 0.05) is 5.41 Å². The maximum Gasteiger partial charge on any atom is 0.0237 e. The van der Waals surface area contributed by atoms with E-state index in [0.29, 0.717) is 0 Å². The first kappa shape index (κ1) is 16.8. The van der Waals surface area contributed by atoms with Crippen LogP contribution < -0.4 is 0 Å². The van der Waals surface area contributed by atoms with Crippen LogP contribution in [0.5, 0.6) is 0 Å². The van der Waals surface area contributed by atoms with E-state index in [-0.39, 0.29) is 5.41 Å². The highest BCUT2D eigenvalue weighted by atomic mass is 15.1. The van der Waals surface area contributed by atoms with Crippen LogP contribution in [0, 0.1) is 5.92 Å². The summed E-state index contributed by atoms with van der Waals surface area (Å²) in [5.41, 5.74) is 6.66. The van der Waals surface area contributed by atoms with Crippen molar-refractivity contribution >= 4 is 0 Å². The lowest BCUT2D eigenvalue weighted by Crippen LogP contribution is -2.43. The molecule has 1 heteroatoms. The molecule has 1 saturated heterocycles. The summed E-state index contributed by atoms with van der Waals surface area (Å²) >= 11 is 0. The quantitative estimate of drug-likeness (QED) is 0.745. The molecule has 4 rings (SSSR count). The maximum absolute atomic E-state index is 2.50. The largest absolute Gasteiger partial charge is 0.306 e. The van der Waals surface area contributed by atoms with E-state index in [1.165, 1.54) is 51.6 Å². The molecule has 2 aromatic rings. The van der Waals surface area contributed by atoms with E-state index in [9.17, 15) is 0 Å². The summed E-state index contributed by atoms with van der Waals surface area (Å²) in [5.74, 6) is 0.754. The smallest absolute Gasteiger partial charge is 0.0237 e. The van der Waals surface area contributed by atoms with Gasteiger partial charge in [0.1, 0.15) is 0 Å². The second kappa shape index (κ2) is 6.96. The normalized spacial score (nSPS) is 20.6. The number of piperidine rings is 1. The van der Waals surface area contributed by atoms with Crippen LogP contribution in [0.2, 0.25) is 0 Å². The molecule has 1 fully saturated rings. The van der Waals surface area contributed by atoms with Crippen molar-refractivity contribution in [2.24, 2.45) is 5.92 Å². The Kier molecular flexibility index (Phi) is 4.69. The first-order valence-electron chi connectivity index (χ1n) is 10.1. The van der Waals surface area contributed by atoms with Crippen molar-refractivity contribution in [3.63, 3.8) is 0 Å². The van der Waals surface area contributed by atoms with Crippen LogP contribution in [-0.2, 0) is 18.3 Å². The van der Waals surface area contributed by atoms with Crippen LogP contribution in [0.15, 0.2) is 48.5 Å². The second-order valence-electron chi connectivity index (χ2n) is 8.11. The predicted octanol–water partition coefficient (Wildman–Crippen LogP) is 5.21. The fourth-order valence-electron chi connectivity index (χ4n) is 5.57. The van der Waals surface area contributed by atoms with Gasteiger partial charge >= 0.3 is 0 Å². The molecule has 2 aromatic carbocycles. The number of fused-ring (bicyclic) bond motifs is 2. The molecule has 1 aliphatic carbocycles. The Bertz CT molecular complexity index is 677. The fourth-order valence-corrected chi connectivity index (χ4v) is 5.57. The van der Waals surface area contributed by atoms with Gasteiger partial charge in [-0.1, -0.05) is 61.9 Å². The van der Waals surface area contributed by atoms with E-state index < -0.39 is 0 Å². The molecule has 1 heterocycles. The van der Waals surface area contributed by atoms with Crippen molar-refractivity contribution in [2.45, 2.75) is 50.9 Å². The topological polar surface area (TPSA) is 3.24 Å². The average molecular weight is 334 g/mol. The third kappa shape index (κ3) is 2.83. The molecule has 1 aliphatic heterocycles. The molecule has 1 nitrogen and oxygen atoms in total. The number of likely N-dealkylation sites (tertiary alicyclic amines) is 1. The van der Waals surface area contributed by atoms with Gasteiger partial charge in [-0.15, -0.1) is 0 Å². The number of benzene rings is 2. The number of hydrogen-bond donors (Lipinski definition) is 0. The second-order valence-corrected chi connectivity index (χ2v) is 8.11. The number of rotatable bonds is 3. The van der Waals surface area contributed by atoms with Crippen molar-refractivity contribution in [1.82, 2.24) is 4.90 Å². The highest BCUT2D eigenvalue weighted by Crippen LogP contribution is 2.50. The standard InChI is InChI=1S/C24H31N/c1-3-16-24(21-14-17-25(2)18-15-21)22-10-6-4-8-19(22)12-13-20-9-5-7-11-23(20)24/h4-11,21H,3,12-18H2,1-2H3. The van der Waals surface area contributed by atoms with Crippen LogP contribution in [0.3, 0.4) is 0 Å². The van der Waals surface area contributed by atoms with Crippen molar-refractivity contribution in [3.05, 3.63) is 70.8 Å². The molecular weight excluding hydrogens is 302 g/mol. The summed E-state index contributed by atoms with van der Waals surface area (Å²) in [5, 5.41) is 0. The number of aryl methyl sites for hydroxylation is 2. The highest BCUT2D eigenvalue weighted by molar-refractivity contribution is 5.50. The molecule has 0 amide bonds. The predicted molar refractivity (Wildman–Crippen MR) is 106 cm³/mol. The third-order valence-electron chi connectivity index (χ3n) is 6.72. The minimum Gasteiger partial charge on any atom is -0.306 e. The minimum absolute atomic E-state index is 0.208. The van der Waals surface area contributed by atoms with Gasteiger partial charge in [0.25, 0.3) is 0 Å². The molecule has 2 aliphatic rings. The Labute approximate surface area is 153 Å². The maximum atomic E-state index is 2.50. The van der Waals surface area contributed by atoms with Crippen LogP contribution >= 0.6 is 0 Å². The van der Waals surface area contributed by atoms with Gasteiger partial charge in [-0.25, -0.2) is 0 Å². The summed E-state index contributed by atoms with van der Waals surface area (Å²) < 4.78 is 0. The Balaban J connectivity index is 1.94. The van der Waals surface area contributed by atoms with Gasteiger partial charge in [0.15, 0.2) is 0 Å². The van der Waals surface area contributed by atoms with E-state index in [4.69, 9.17) is 0 Å². The summed E-state index contributed by atoms with van der Waals surface area (Å²) in [7, 11) is 2.28. The monoisotopic (exact) mass is 333 g/mol. The molecule has 132 valence electrons. The molecule has 0 unspecified atom stereocenters. The van der Waals surface area contributed by atoms with Gasteiger partial charge in [-0.05, 0) is 80.4 Å². The van der Waals surface area contributed by atoms with E-state index in [0.717, 1.165) is 5.92 Å². The molecule has 0 saturated carbocycles. The zero-order valence-electron chi connectivity index (χ0n) is 15.8. The van der Waals surface area contributed by atoms with E-state index in [2.05, 4.69) is 67.4 Å². The van der Waals surface area contributed by atoms with Crippen LogP contribution in [0.25, 0.3) is 0 Å². The van der Waals surface area contributed by atoms with Gasteiger partial charge in [0.05, 0.1) is 0 Å². The molecule has 0 atom stereocenters. The molecule has 0 aromatic heterocycles. The van der Waals surface area contributed by atoms with Crippen LogP contribution in [0.4, 0.5) is 0 Å². The van der Waals surface area contributed by atoms with Gasteiger partial charge < -0.3 is 4.90 Å². The van der Waals surface area contributed by atoms with Crippen molar-refractivity contribution in [1.29, 1.82) is 0 Å². The van der Waals surface area contributed by atoms with Gasteiger partial charge in [-0.2, -0.15) is 0 Å². The zero-order valence-corrected chi connectivity index (χ0v) is 15.8. The summed E-state index contributed by atoms with van der Waals surface area (Å²) in [6.45, 7) is 4.84. The van der Waals surface area contributed by atoms with Crippen molar-refractivity contribution in [2.75, 3.05) is 20.1 Å². The fraction of sp³-hybridized carbons (Fsp3) is 0.500. The summed E-state index contributed by atoms with van der Waals surface area (Å²) in [4.78, 5) is 2.50. The summed E-state index contributed by atoms with van der Waals surface area (Å²) in [6.07, 6.45) is 7.53. The first-order valence-corrected chi connectivity index (χ1v) is 10.1. The SMILES string of the molecule is CCCC1(C2CCN(C)CC2)c2ccccc2CCc2ccccc21. The third-order valence-corrected chi connectivity index (χ3v) is 6.72. The lowest BCUT2D eigenvalue weighted by atomic mass is 9.59. The number of hydrogen-bond acceptors (Lipinski definition) is 1. The lowest BCUT2D eigenvalue weighted by Gasteiger charge is -2.46. The van der Waals surface area contributed by atoms with E-state index in [1.54, 1.807) is 22.3 Å². The number of nitrogens with zero attached hydrogens (tertiary/aromatic N) is 1. The van der Waals surface area contributed by atoms with Crippen LogP contribution in [0.1, 0.15) is 54.9 Å². The van der Waals surface area contributed by atoms with Crippen molar-refractivity contribution in [3.8, 4) is 0 Å². The van der Waals surface area contributed by atoms with Crippen molar-refractivity contribution < 1.29 is 0 Å². The van der Waals surface area contributed by atoms with E-state index >= 15 is 0 Å². The minimum atomic E-state index is 0.208. The van der Waals surface area contributed by atoms with E-state index in [1.807, 2.05) is 0 Å². The average Bonchev–Trinajstić information content (AvgIpc) is 2.79. The molecule has 0 radical (unpaired) electrons. The molecule has 0 bridgehead atoms. The Morgan fingerprint density at radius 1 is 0.880 bits per heavy atom. The van der Waals surface area contributed by atoms with Gasteiger partial charge in [-0.3, -0.25) is 0 Å². The Morgan fingerprint density at radius 3 is 1.92 bits per heavy atom. The zero-order chi connectivity index (χ0) is 17.3.